The summed E-state index contributed by atoms with van der Waals surface area (Å²) in [4.78, 5) is 23.0. The molecule has 2 rings (SSSR count). The van der Waals surface area contributed by atoms with E-state index in [1.165, 1.54) is 4.68 Å². The van der Waals surface area contributed by atoms with E-state index in [-0.39, 0.29) is 18.4 Å². The van der Waals surface area contributed by atoms with Gasteiger partial charge >= 0.3 is 5.97 Å². The minimum Gasteiger partial charge on any atom is -0.481 e. The van der Waals surface area contributed by atoms with Gasteiger partial charge in [0.25, 0.3) is 5.56 Å². The van der Waals surface area contributed by atoms with Gasteiger partial charge in [-0.05, 0) is 38.8 Å². The lowest BCUT2D eigenvalue weighted by Gasteiger charge is -2.11. The van der Waals surface area contributed by atoms with Gasteiger partial charge in [-0.1, -0.05) is 23.8 Å². The minimum absolute atomic E-state index is 0.0602. The molecule has 5 nitrogen and oxygen atoms in total. The van der Waals surface area contributed by atoms with Gasteiger partial charge in [-0.15, -0.1) is 0 Å². The number of rotatable bonds is 5. The van der Waals surface area contributed by atoms with E-state index in [0.29, 0.717) is 17.8 Å². The molecule has 0 aliphatic heterocycles. The molecule has 5 heteroatoms. The van der Waals surface area contributed by atoms with Crippen LogP contribution in [0.4, 0.5) is 0 Å². The Labute approximate surface area is 129 Å². The standard InChI is InChI=1S/C17H20N2O3/c1-4-19-17(22)13(6-8-16(20)21)10-15(18-19)14-7-5-11(2)9-12(14)3/h5,7,9-10H,4,6,8H2,1-3H3,(H,20,21). The highest BCUT2D eigenvalue weighted by molar-refractivity contribution is 5.67. The molecule has 2 aromatic rings. The van der Waals surface area contributed by atoms with Gasteiger partial charge in [0, 0.05) is 24.1 Å². The van der Waals surface area contributed by atoms with Crippen LogP contribution in [0.3, 0.4) is 0 Å². The van der Waals surface area contributed by atoms with Crippen molar-refractivity contribution < 1.29 is 9.90 Å². The van der Waals surface area contributed by atoms with Crippen LogP contribution in [-0.4, -0.2) is 20.9 Å². The van der Waals surface area contributed by atoms with Gasteiger partial charge in [0.15, 0.2) is 0 Å². The van der Waals surface area contributed by atoms with Gasteiger partial charge in [0.05, 0.1) is 5.69 Å². The van der Waals surface area contributed by atoms with Crippen molar-refractivity contribution in [2.45, 2.75) is 40.2 Å². The van der Waals surface area contributed by atoms with E-state index in [9.17, 15) is 9.59 Å². The van der Waals surface area contributed by atoms with Crippen LogP contribution in [0, 0.1) is 13.8 Å². The molecule has 0 unspecified atom stereocenters. The Balaban J connectivity index is 2.54. The quantitative estimate of drug-likeness (QED) is 0.921. The molecule has 0 atom stereocenters. The molecular weight excluding hydrogens is 280 g/mol. The zero-order chi connectivity index (χ0) is 16.3. The van der Waals surface area contributed by atoms with Gasteiger partial charge in [0.2, 0.25) is 0 Å². The van der Waals surface area contributed by atoms with Gasteiger partial charge in [0.1, 0.15) is 0 Å². The fraction of sp³-hybridized carbons (Fsp3) is 0.353. The molecule has 22 heavy (non-hydrogen) atoms. The molecule has 1 heterocycles. The number of benzene rings is 1. The van der Waals surface area contributed by atoms with E-state index in [2.05, 4.69) is 11.2 Å². The Morgan fingerprint density at radius 1 is 1.27 bits per heavy atom. The summed E-state index contributed by atoms with van der Waals surface area (Å²) in [6, 6.07) is 7.77. The van der Waals surface area contributed by atoms with E-state index in [1.54, 1.807) is 6.07 Å². The molecule has 0 saturated carbocycles. The zero-order valence-corrected chi connectivity index (χ0v) is 13.1. The lowest BCUT2D eigenvalue weighted by Crippen LogP contribution is -2.26. The number of nitrogens with zero attached hydrogens (tertiary/aromatic N) is 2. The van der Waals surface area contributed by atoms with Crippen LogP contribution < -0.4 is 5.56 Å². The average Bonchev–Trinajstić information content (AvgIpc) is 2.46. The van der Waals surface area contributed by atoms with Crippen LogP contribution >= 0.6 is 0 Å². The number of carboxylic acids is 1. The van der Waals surface area contributed by atoms with Crippen molar-refractivity contribution in [2.75, 3.05) is 0 Å². The second kappa shape index (κ2) is 6.56. The molecule has 0 radical (unpaired) electrons. The number of hydrogen-bond donors (Lipinski definition) is 1. The summed E-state index contributed by atoms with van der Waals surface area (Å²) < 4.78 is 1.39. The van der Waals surface area contributed by atoms with E-state index in [0.717, 1.165) is 16.7 Å². The first-order valence-electron chi connectivity index (χ1n) is 7.32. The number of carbonyl (C=O) groups is 1. The first kappa shape index (κ1) is 15.9. The van der Waals surface area contributed by atoms with Crippen molar-refractivity contribution in [1.29, 1.82) is 0 Å². The van der Waals surface area contributed by atoms with Crippen molar-refractivity contribution in [1.82, 2.24) is 9.78 Å². The Morgan fingerprint density at radius 3 is 2.59 bits per heavy atom. The number of carboxylic acid groups (broad SMARTS) is 1. The molecule has 1 aromatic carbocycles. The van der Waals surface area contributed by atoms with Crippen LogP contribution in [-0.2, 0) is 17.8 Å². The second-order valence-corrected chi connectivity index (χ2v) is 5.39. The molecule has 0 aliphatic rings. The highest BCUT2D eigenvalue weighted by Gasteiger charge is 2.12. The Kier molecular flexibility index (Phi) is 4.75. The first-order chi connectivity index (χ1) is 10.4. The summed E-state index contributed by atoms with van der Waals surface area (Å²) in [6.45, 7) is 6.33. The lowest BCUT2D eigenvalue weighted by atomic mass is 10.0. The molecule has 0 bridgehead atoms. The predicted molar refractivity (Wildman–Crippen MR) is 85.0 cm³/mol. The Hall–Kier alpha value is -2.43. The predicted octanol–water partition coefficient (Wildman–Crippen LogP) is 2.56. The average molecular weight is 300 g/mol. The third kappa shape index (κ3) is 3.42. The second-order valence-electron chi connectivity index (χ2n) is 5.39. The van der Waals surface area contributed by atoms with Crippen molar-refractivity contribution >= 4 is 5.97 Å². The van der Waals surface area contributed by atoms with Gasteiger partial charge in [-0.25, -0.2) is 4.68 Å². The molecular formula is C17H20N2O3. The van der Waals surface area contributed by atoms with Gasteiger partial charge in [-0.2, -0.15) is 5.10 Å². The molecule has 0 spiro atoms. The molecule has 0 amide bonds. The maximum atomic E-state index is 12.2. The zero-order valence-electron chi connectivity index (χ0n) is 13.1. The molecule has 0 fully saturated rings. The summed E-state index contributed by atoms with van der Waals surface area (Å²) in [5, 5.41) is 13.2. The van der Waals surface area contributed by atoms with Crippen LogP contribution in [0.15, 0.2) is 29.1 Å². The molecule has 0 aliphatic carbocycles. The fourth-order valence-electron chi connectivity index (χ4n) is 2.46. The van der Waals surface area contributed by atoms with Crippen molar-refractivity contribution in [3.05, 3.63) is 51.3 Å². The maximum Gasteiger partial charge on any atom is 0.303 e. The van der Waals surface area contributed by atoms with Crippen molar-refractivity contribution in [3.8, 4) is 11.3 Å². The normalized spacial score (nSPS) is 10.7. The number of aliphatic carboxylic acids is 1. The number of aryl methyl sites for hydroxylation is 4. The highest BCUT2D eigenvalue weighted by Crippen LogP contribution is 2.22. The summed E-state index contributed by atoms with van der Waals surface area (Å²) >= 11 is 0. The smallest absolute Gasteiger partial charge is 0.303 e. The molecule has 1 aromatic heterocycles. The number of aromatic nitrogens is 2. The van der Waals surface area contributed by atoms with Crippen LogP contribution in [0.1, 0.15) is 30.0 Å². The summed E-state index contributed by atoms with van der Waals surface area (Å²) in [6.07, 6.45) is 0.157. The fourth-order valence-corrected chi connectivity index (χ4v) is 2.46. The summed E-state index contributed by atoms with van der Waals surface area (Å²) in [7, 11) is 0. The Bertz CT molecular complexity index is 763. The number of hydrogen-bond acceptors (Lipinski definition) is 3. The minimum atomic E-state index is -0.910. The van der Waals surface area contributed by atoms with E-state index in [4.69, 9.17) is 5.11 Å². The topological polar surface area (TPSA) is 72.2 Å². The van der Waals surface area contributed by atoms with Gasteiger partial charge in [-0.3, -0.25) is 9.59 Å². The van der Waals surface area contributed by atoms with Crippen LogP contribution in [0.25, 0.3) is 11.3 Å². The van der Waals surface area contributed by atoms with Crippen molar-refractivity contribution in [2.24, 2.45) is 0 Å². The third-order valence-corrected chi connectivity index (χ3v) is 3.61. The SMILES string of the molecule is CCn1nc(-c2ccc(C)cc2C)cc(CCC(=O)O)c1=O. The molecule has 1 N–H and O–H groups in total. The van der Waals surface area contributed by atoms with E-state index >= 15 is 0 Å². The van der Waals surface area contributed by atoms with E-state index in [1.807, 2.05) is 32.9 Å². The summed E-state index contributed by atoms with van der Waals surface area (Å²) in [5.74, 6) is -0.910. The highest BCUT2D eigenvalue weighted by atomic mass is 16.4. The Morgan fingerprint density at radius 2 is 2.00 bits per heavy atom. The molecule has 0 saturated heterocycles. The molecule has 116 valence electrons. The maximum absolute atomic E-state index is 12.2. The summed E-state index contributed by atoms with van der Waals surface area (Å²) in [5.41, 5.74) is 4.20. The van der Waals surface area contributed by atoms with Crippen molar-refractivity contribution in [3.63, 3.8) is 0 Å². The van der Waals surface area contributed by atoms with E-state index < -0.39 is 5.97 Å². The first-order valence-corrected chi connectivity index (χ1v) is 7.32. The monoisotopic (exact) mass is 300 g/mol. The van der Waals surface area contributed by atoms with Gasteiger partial charge < -0.3 is 5.11 Å². The van der Waals surface area contributed by atoms with Crippen LogP contribution in [0.2, 0.25) is 0 Å². The van der Waals surface area contributed by atoms with Crippen LogP contribution in [0.5, 0.6) is 0 Å². The lowest BCUT2D eigenvalue weighted by molar-refractivity contribution is -0.136. The largest absolute Gasteiger partial charge is 0.481 e. The third-order valence-electron chi connectivity index (χ3n) is 3.61.